The van der Waals surface area contributed by atoms with E-state index in [1.807, 2.05) is 13.8 Å². The highest BCUT2D eigenvalue weighted by Crippen LogP contribution is 2.29. The molecule has 1 aliphatic heterocycles. The Balaban J connectivity index is 2.20. The van der Waals surface area contributed by atoms with Crippen LogP contribution in [0, 0.1) is 13.8 Å². The van der Waals surface area contributed by atoms with Crippen LogP contribution in [0.25, 0.3) is 10.9 Å². The van der Waals surface area contributed by atoms with E-state index in [1.165, 1.54) is 25.7 Å². The average Bonchev–Trinajstić information content (AvgIpc) is 2.74. The molecule has 1 fully saturated rings. The summed E-state index contributed by atoms with van der Waals surface area (Å²) in [6.07, 6.45) is 6.09. The molecule has 0 aromatic carbocycles. The summed E-state index contributed by atoms with van der Waals surface area (Å²) in [5.41, 5.74) is 3.22. The minimum absolute atomic E-state index is 0.856. The number of rotatable bonds is 2. The van der Waals surface area contributed by atoms with Crippen LogP contribution in [0.5, 0.6) is 0 Å². The van der Waals surface area contributed by atoms with Gasteiger partial charge in [0.25, 0.3) is 0 Å². The molecule has 0 N–H and O–H groups in total. The first-order valence-corrected chi connectivity index (χ1v) is 8.09. The first-order chi connectivity index (χ1) is 10.2. The molecule has 0 radical (unpaired) electrons. The second-order valence-corrected chi connectivity index (χ2v) is 5.95. The van der Waals surface area contributed by atoms with Crippen molar-refractivity contribution in [1.29, 1.82) is 0 Å². The number of hydrogen-bond acceptors (Lipinski definition) is 4. The maximum absolute atomic E-state index is 4.78. The van der Waals surface area contributed by atoms with Gasteiger partial charge in [-0.05, 0) is 39.2 Å². The number of aromatic nitrogens is 3. The molecule has 2 aromatic heterocycles. The zero-order valence-corrected chi connectivity index (χ0v) is 13.3. The molecule has 0 spiro atoms. The number of anilines is 1. The Morgan fingerprint density at radius 1 is 1.00 bits per heavy atom. The number of nitrogens with zero attached hydrogens (tertiary/aromatic N) is 4. The van der Waals surface area contributed by atoms with E-state index in [-0.39, 0.29) is 0 Å². The molecule has 0 atom stereocenters. The zero-order chi connectivity index (χ0) is 14.8. The topological polar surface area (TPSA) is 41.9 Å². The third kappa shape index (κ3) is 2.85. The van der Waals surface area contributed by atoms with Crippen molar-refractivity contribution in [2.24, 2.45) is 0 Å². The normalized spacial score (nSPS) is 16.2. The highest BCUT2D eigenvalue weighted by atomic mass is 15.2. The van der Waals surface area contributed by atoms with Gasteiger partial charge in [0.1, 0.15) is 11.6 Å². The van der Waals surface area contributed by atoms with E-state index in [0.717, 1.165) is 53.4 Å². The summed E-state index contributed by atoms with van der Waals surface area (Å²) < 4.78 is 0. The van der Waals surface area contributed by atoms with Gasteiger partial charge >= 0.3 is 0 Å². The maximum Gasteiger partial charge on any atom is 0.142 e. The first kappa shape index (κ1) is 14.2. The Labute approximate surface area is 126 Å². The van der Waals surface area contributed by atoms with Crippen LogP contribution in [-0.2, 0) is 6.42 Å². The van der Waals surface area contributed by atoms with Gasteiger partial charge in [0, 0.05) is 18.8 Å². The molecule has 3 heterocycles. The summed E-state index contributed by atoms with van der Waals surface area (Å²) in [7, 11) is 0. The molecular formula is C17H24N4. The van der Waals surface area contributed by atoms with Gasteiger partial charge in [-0.15, -0.1) is 0 Å². The maximum atomic E-state index is 4.78. The fourth-order valence-corrected chi connectivity index (χ4v) is 3.23. The smallest absolute Gasteiger partial charge is 0.142 e. The Morgan fingerprint density at radius 3 is 2.38 bits per heavy atom. The van der Waals surface area contributed by atoms with E-state index < -0.39 is 0 Å². The van der Waals surface area contributed by atoms with Crippen LogP contribution in [0.4, 0.5) is 5.82 Å². The fraction of sp³-hybridized carbons (Fsp3) is 0.588. The molecule has 0 bridgehead atoms. The second kappa shape index (κ2) is 5.96. The highest BCUT2D eigenvalue weighted by molar-refractivity contribution is 5.92. The predicted octanol–water partition coefficient (Wildman–Crippen LogP) is 3.58. The molecule has 21 heavy (non-hydrogen) atoms. The molecule has 4 heteroatoms. The molecule has 0 saturated carbocycles. The van der Waals surface area contributed by atoms with E-state index in [0.29, 0.717) is 0 Å². The summed E-state index contributed by atoms with van der Waals surface area (Å²) in [5.74, 6) is 1.96. The van der Waals surface area contributed by atoms with Gasteiger partial charge in [-0.25, -0.2) is 9.97 Å². The van der Waals surface area contributed by atoms with E-state index in [9.17, 15) is 0 Å². The van der Waals surface area contributed by atoms with Crippen LogP contribution >= 0.6 is 0 Å². The van der Waals surface area contributed by atoms with Gasteiger partial charge < -0.3 is 4.90 Å². The van der Waals surface area contributed by atoms with Crippen molar-refractivity contribution in [2.75, 3.05) is 18.0 Å². The van der Waals surface area contributed by atoms with E-state index in [1.54, 1.807) is 0 Å². The van der Waals surface area contributed by atoms with Crippen LogP contribution < -0.4 is 4.90 Å². The lowest BCUT2D eigenvalue weighted by Gasteiger charge is -2.24. The molecule has 3 rings (SSSR count). The SMILES string of the molecule is CCc1nc(C)cc2nc(C)nc(N3CCCCCC3)c12. The lowest BCUT2D eigenvalue weighted by atomic mass is 10.1. The van der Waals surface area contributed by atoms with Gasteiger partial charge in [0.05, 0.1) is 16.6 Å². The van der Waals surface area contributed by atoms with Crippen molar-refractivity contribution in [3.05, 3.63) is 23.3 Å². The summed E-state index contributed by atoms with van der Waals surface area (Å²) in [6.45, 7) is 8.39. The second-order valence-electron chi connectivity index (χ2n) is 5.95. The molecule has 112 valence electrons. The summed E-state index contributed by atoms with van der Waals surface area (Å²) in [6, 6.07) is 2.09. The Morgan fingerprint density at radius 2 is 1.71 bits per heavy atom. The number of aryl methyl sites for hydroxylation is 3. The van der Waals surface area contributed by atoms with E-state index >= 15 is 0 Å². The lowest BCUT2D eigenvalue weighted by Crippen LogP contribution is -2.26. The fourth-order valence-electron chi connectivity index (χ4n) is 3.23. The lowest BCUT2D eigenvalue weighted by molar-refractivity contribution is 0.726. The Bertz CT molecular complexity index is 638. The molecule has 0 amide bonds. The minimum Gasteiger partial charge on any atom is -0.356 e. The number of hydrogen-bond donors (Lipinski definition) is 0. The van der Waals surface area contributed by atoms with Crippen LogP contribution in [0.15, 0.2) is 6.07 Å². The van der Waals surface area contributed by atoms with E-state index in [4.69, 9.17) is 9.97 Å². The van der Waals surface area contributed by atoms with Crippen LogP contribution in [0.1, 0.15) is 49.8 Å². The van der Waals surface area contributed by atoms with Crippen molar-refractivity contribution in [3.8, 4) is 0 Å². The van der Waals surface area contributed by atoms with Gasteiger partial charge in [0.2, 0.25) is 0 Å². The summed E-state index contributed by atoms with van der Waals surface area (Å²) >= 11 is 0. The summed E-state index contributed by atoms with van der Waals surface area (Å²) in [4.78, 5) is 16.6. The van der Waals surface area contributed by atoms with E-state index in [2.05, 4.69) is 22.9 Å². The summed E-state index contributed by atoms with van der Waals surface area (Å²) in [5, 5.41) is 1.16. The Hall–Kier alpha value is -1.71. The molecule has 0 unspecified atom stereocenters. The quantitative estimate of drug-likeness (QED) is 0.845. The monoisotopic (exact) mass is 284 g/mol. The van der Waals surface area contributed by atoms with Crippen molar-refractivity contribution >= 4 is 16.7 Å². The minimum atomic E-state index is 0.856. The largest absolute Gasteiger partial charge is 0.356 e. The molecule has 1 aliphatic rings. The van der Waals surface area contributed by atoms with Gasteiger partial charge in [-0.3, -0.25) is 4.98 Å². The van der Waals surface area contributed by atoms with Gasteiger partial charge in [0.15, 0.2) is 0 Å². The molecule has 4 nitrogen and oxygen atoms in total. The number of fused-ring (bicyclic) bond motifs is 1. The highest BCUT2D eigenvalue weighted by Gasteiger charge is 2.18. The van der Waals surface area contributed by atoms with Crippen molar-refractivity contribution in [3.63, 3.8) is 0 Å². The van der Waals surface area contributed by atoms with Crippen LogP contribution in [0.3, 0.4) is 0 Å². The van der Waals surface area contributed by atoms with Crippen LogP contribution in [0.2, 0.25) is 0 Å². The molecule has 0 aliphatic carbocycles. The Kier molecular flexibility index (Phi) is 4.04. The third-order valence-electron chi connectivity index (χ3n) is 4.22. The predicted molar refractivity (Wildman–Crippen MR) is 86.9 cm³/mol. The van der Waals surface area contributed by atoms with Crippen molar-refractivity contribution in [1.82, 2.24) is 15.0 Å². The average molecular weight is 284 g/mol. The van der Waals surface area contributed by atoms with Crippen LogP contribution in [-0.4, -0.2) is 28.0 Å². The van der Waals surface area contributed by atoms with Crippen molar-refractivity contribution < 1.29 is 0 Å². The van der Waals surface area contributed by atoms with Gasteiger partial charge in [-0.2, -0.15) is 0 Å². The first-order valence-electron chi connectivity index (χ1n) is 8.09. The zero-order valence-electron chi connectivity index (χ0n) is 13.3. The number of pyridine rings is 1. The van der Waals surface area contributed by atoms with Crippen molar-refractivity contribution in [2.45, 2.75) is 52.9 Å². The van der Waals surface area contributed by atoms with Gasteiger partial charge in [-0.1, -0.05) is 19.8 Å². The molecular weight excluding hydrogens is 260 g/mol. The third-order valence-corrected chi connectivity index (χ3v) is 4.22. The molecule has 1 saturated heterocycles. The standard InChI is InChI=1S/C17H24N4/c1-4-14-16-15(11-12(2)18-14)19-13(3)20-17(16)21-9-7-5-6-8-10-21/h11H,4-10H2,1-3H3. The molecule has 2 aromatic rings.